The zero-order valence-corrected chi connectivity index (χ0v) is 7.51. The van der Waals surface area contributed by atoms with E-state index >= 15 is 0 Å². The van der Waals surface area contributed by atoms with E-state index in [0.29, 0.717) is 6.10 Å². The molecule has 3 heteroatoms. The molecular formula is C9H18N2O. The molecule has 3 nitrogen and oxygen atoms in total. The lowest BCUT2D eigenvalue weighted by Crippen LogP contribution is -2.55. The van der Waals surface area contributed by atoms with Crippen molar-refractivity contribution in [2.45, 2.75) is 31.4 Å². The van der Waals surface area contributed by atoms with Gasteiger partial charge in [0.1, 0.15) is 0 Å². The fraction of sp³-hybridized carbons (Fsp3) is 1.00. The molecule has 1 atom stereocenters. The van der Waals surface area contributed by atoms with E-state index in [2.05, 4.69) is 10.6 Å². The summed E-state index contributed by atoms with van der Waals surface area (Å²) in [4.78, 5) is 0. The summed E-state index contributed by atoms with van der Waals surface area (Å²) < 4.78 is 5.53. The first-order valence-electron chi connectivity index (χ1n) is 5.01. The average Bonchev–Trinajstić information content (AvgIpc) is 2.46. The third-order valence-electron chi connectivity index (χ3n) is 2.70. The van der Waals surface area contributed by atoms with Crippen LogP contribution in [0.3, 0.4) is 0 Å². The van der Waals surface area contributed by atoms with Gasteiger partial charge >= 0.3 is 0 Å². The second kappa shape index (κ2) is 4.21. The van der Waals surface area contributed by atoms with Crippen LogP contribution in [0.25, 0.3) is 0 Å². The topological polar surface area (TPSA) is 33.3 Å². The second-order valence-corrected chi connectivity index (χ2v) is 3.73. The van der Waals surface area contributed by atoms with Crippen LogP contribution in [0.5, 0.6) is 0 Å². The molecule has 0 amide bonds. The van der Waals surface area contributed by atoms with Crippen LogP contribution in [0, 0.1) is 0 Å². The van der Waals surface area contributed by atoms with E-state index in [0.717, 1.165) is 32.3 Å². The van der Waals surface area contributed by atoms with Crippen molar-refractivity contribution in [1.82, 2.24) is 10.6 Å². The summed E-state index contributed by atoms with van der Waals surface area (Å²) in [6.45, 7) is 4.39. The molecule has 2 saturated heterocycles. The fourth-order valence-corrected chi connectivity index (χ4v) is 1.75. The Morgan fingerprint density at radius 3 is 2.92 bits per heavy atom. The first kappa shape index (κ1) is 8.48. The van der Waals surface area contributed by atoms with Crippen molar-refractivity contribution >= 4 is 0 Å². The van der Waals surface area contributed by atoms with Crippen LogP contribution >= 0.6 is 0 Å². The van der Waals surface area contributed by atoms with Gasteiger partial charge in [-0.25, -0.2) is 0 Å². The highest BCUT2D eigenvalue weighted by atomic mass is 16.5. The summed E-state index contributed by atoms with van der Waals surface area (Å²) in [5, 5.41) is 6.75. The van der Waals surface area contributed by atoms with Crippen molar-refractivity contribution in [3.8, 4) is 0 Å². The van der Waals surface area contributed by atoms with Gasteiger partial charge in [0.05, 0.1) is 6.10 Å². The molecule has 12 heavy (non-hydrogen) atoms. The average molecular weight is 170 g/mol. The van der Waals surface area contributed by atoms with Crippen molar-refractivity contribution in [1.29, 1.82) is 0 Å². The molecule has 2 fully saturated rings. The van der Waals surface area contributed by atoms with Gasteiger partial charge in [0.25, 0.3) is 0 Å². The highest BCUT2D eigenvalue weighted by Gasteiger charge is 2.18. The summed E-state index contributed by atoms with van der Waals surface area (Å²) in [5.74, 6) is 0. The summed E-state index contributed by atoms with van der Waals surface area (Å²) in [5.41, 5.74) is 0. The molecular weight excluding hydrogens is 152 g/mol. The maximum atomic E-state index is 5.53. The summed E-state index contributed by atoms with van der Waals surface area (Å²) in [6.07, 6.45) is 4.27. The molecule has 0 aromatic rings. The Balaban J connectivity index is 1.49. The summed E-state index contributed by atoms with van der Waals surface area (Å²) in [6, 6.07) is 0.728. The third kappa shape index (κ3) is 2.19. The zero-order chi connectivity index (χ0) is 8.23. The Hall–Kier alpha value is -0.120. The van der Waals surface area contributed by atoms with E-state index in [9.17, 15) is 0 Å². The second-order valence-electron chi connectivity index (χ2n) is 3.73. The molecule has 0 aromatic heterocycles. The smallest absolute Gasteiger partial charge is 0.0588 e. The standard InChI is InChI=1S/C9H18N2O/c1-2-9(12-5-1)3-4-11-8-6-10-7-8/h8-11H,1-7H2. The molecule has 2 heterocycles. The molecule has 1 unspecified atom stereocenters. The monoisotopic (exact) mass is 170 g/mol. The van der Waals surface area contributed by atoms with Gasteiger partial charge in [-0.1, -0.05) is 0 Å². The lowest BCUT2D eigenvalue weighted by atomic mass is 10.1. The molecule has 0 aromatic carbocycles. The molecule has 2 aliphatic rings. The summed E-state index contributed by atoms with van der Waals surface area (Å²) in [7, 11) is 0. The van der Waals surface area contributed by atoms with Gasteiger partial charge in [0, 0.05) is 25.7 Å². The molecule has 0 saturated carbocycles. The Morgan fingerprint density at radius 2 is 2.33 bits per heavy atom. The van der Waals surface area contributed by atoms with Crippen molar-refractivity contribution in [3.05, 3.63) is 0 Å². The van der Waals surface area contributed by atoms with Gasteiger partial charge < -0.3 is 15.4 Å². The van der Waals surface area contributed by atoms with Crippen molar-refractivity contribution in [3.63, 3.8) is 0 Å². The number of nitrogens with one attached hydrogen (secondary N) is 2. The van der Waals surface area contributed by atoms with Crippen LogP contribution in [0.15, 0.2) is 0 Å². The molecule has 0 spiro atoms. The van der Waals surface area contributed by atoms with Crippen LogP contribution in [0.2, 0.25) is 0 Å². The van der Waals surface area contributed by atoms with Gasteiger partial charge in [-0.15, -0.1) is 0 Å². The largest absolute Gasteiger partial charge is 0.378 e. The van der Waals surface area contributed by atoms with Crippen molar-refractivity contribution in [2.75, 3.05) is 26.2 Å². The molecule has 2 N–H and O–H groups in total. The molecule has 0 bridgehead atoms. The highest BCUT2D eigenvalue weighted by molar-refractivity contribution is 4.81. The SMILES string of the molecule is C1COC(CCNC2CNC2)C1. The minimum absolute atomic E-state index is 0.547. The maximum absolute atomic E-state index is 5.53. The van der Waals surface area contributed by atoms with Crippen molar-refractivity contribution < 1.29 is 4.74 Å². The van der Waals surface area contributed by atoms with Gasteiger partial charge in [-0.3, -0.25) is 0 Å². The predicted molar refractivity (Wildman–Crippen MR) is 48.3 cm³/mol. The van der Waals surface area contributed by atoms with E-state index in [1.54, 1.807) is 0 Å². The quantitative estimate of drug-likeness (QED) is 0.628. The highest BCUT2D eigenvalue weighted by Crippen LogP contribution is 2.14. The third-order valence-corrected chi connectivity index (χ3v) is 2.70. The molecule has 70 valence electrons. The molecule has 2 rings (SSSR count). The van der Waals surface area contributed by atoms with Crippen LogP contribution in [-0.2, 0) is 4.74 Å². The van der Waals surface area contributed by atoms with Crippen LogP contribution in [-0.4, -0.2) is 38.4 Å². The molecule has 0 aliphatic carbocycles. The minimum Gasteiger partial charge on any atom is -0.378 e. The van der Waals surface area contributed by atoms with Crippen LogP contribution < -0.4 is 10.6 Å². The maximum Gasteiger partial charge on any atom is 0.0588 e. The van der Waals surface area contributed by atoms with Gasteiger partial charge in [-0.2, -0.15) is 0 Å². The Kier molecular flexibility index (Phi) is 2.98. The van der Waals surface area contributed by atoms with Gasteiger partial charge in [0.15, 0.2) is 0 Å². The normalized spacial score (nSPS) is 30.5. The first-order chi connectivity index (χ1) is 5.95. The van der Waals surface area contributed by atoms with E-state index in [1.165, 1.54) is 19.3 Å². The fourth-order valence-electron chi connectivity index (χ4n) is 1.75. The van der Waals surface area contributed by atoms with E-state index in [-0.39, 0.29) is 0 Å². The van der Waals surface area contributed by atoms with Gasteiger partial charge in [-0.05, 0) is 25.8 Å². The van der Waals surface area contributed by atoms with E-state index in [4.69, 9.17) is 4.74 Å². The Bertz CT molecular complexity index is 130. The number of rotatable bonds is 4. The lowest BCUT2D eigenvalue weighted by Gasteiger charge is -2.28. The molecule has 2 aliphatic heterocycles. The minimum atomic E-state index is 0.547. The van der Waals surface area contributed by atoms with E-state index in [1.807, 2.05) is 0 Å². The molecule has 0 radical (unpaired) electrons. The van der Waals surface area contributed by atoms with Crippen LogP contribution in [0.4, 0.5) is 0 Å². The van der Waals surface area contributed by atoms with E-state index < -0.39 is 0 Å². The van der Waals surface area contributed by atoms with Crippen LogP contribution in [0.1, 0.15) is 19.3 Å². The predicted octanol–water partition coefficient (Wildman–Crippen LogP) is 0.117. The lowest BCUT2D eigenvalue weighted by molar-refractivity contribution is 0.103. The van der Waals surface area contributed by atoms with Crippen molar-refractivity contribution in [2.24, 2.45) is 0 Å². The summed E-state index contributed by atoms with van der Waals surface area (Å²) >= 11 is 0. The Labute approximate surface area is 73.9 Å². The number of ether oxygens (including phenoxy) is 1. The first-order valence-corrected chi connectivity index (χ1v) is 5.01. The Morgan fingerprint density at radius 1 is 1.42 bits per heavy atom. The zero-order valence-electron chi connectivity index (χ0n) is 7.51. The number of hydrogen-bond donors (Lipinski definition) is 2. The van der Waals surface area contributed by atoms with Gasteiger partial charge in [0.2, 0.25) is 0 Å². The number of hydrogen-bond acceptors (Lipinski definition) is 3.